The molecule has 1 aliphatic heterocycles. The Bertz CT molecular complexity index is 1040. The summed E-state index contributed by atoms with van der Waals surface area (Å²) in [6.07, 6.45) is 1.82. The van der Waals surface area contributed by atoms with Gasteiger partial charge in [-0.05, 0) is 69.6 Å². The van der Waals surface area contributed by atoms with Gasteiger partial charge in [0, 0.05) is 30.6 Å². The Labute approximate surface area is 189 Å². The van der Waals surface area contributed by atoms with Crippen LogP contribution in [0.25, 0.3) is 11.0 Å². The monoisotopic (exact) mass is 438 g/mol. The van der Waals surface area contributed by atoms with E-state index < -0.39 is 0 Å². The highest BCUT2D eigenvalue weighted by atomic mass is 35.5. The Morgan fingerprint density at radius 3 is 2.45 bits per heavy atom. The predicted octanol–water partition coefficient (Wildman–Crippen LogP) is 4.82. The van der Waals surface area contributed by atoms with Crippen LogP contribution < -0.4 is 0 Å². The third-order valence-electron chi connectivity index (χ3n) is 6.41. The van der Waals surface area contributed by atoms with E-state index in [1.807, 2.05) is 30.1 Å². The Kier molecular flexibility index (Phi) is 6.63. The average molecular weight is 439 g/mol. The van der Waals surface area contributed by atoms with Crippen LogP contribution in [0.15, 0.2) is 48.5 Å². The summed E-state index contributed by atoms with van der Waals surface area (Å²) in [6, 6.07) is 16.6. The number of fused-ring (bicyclic) bond motifs is 1. The summed E-state index contributed by atoms with van der Waals surface area (Å²) in [5.41, 5.74) is 3.38. The molecule has 1 saturated heterocycles. The van der Waals surface area contributed by atoms with Crippen molar-refractivity contribution in [2.24, 2.45) is 5.92 Å². The van der Waals surface area contributed by atoms with E-state index in [1.54, 1.807) is 0 Å². The summed E-state index contributed by atoms with van der Waals surface area (Å²) in [5, 5.41) is 0.750. The highest BCUT2D eigenvalue weighted by Gasteiger charge is 2.28. The van der Waals surface area contributed by atoms with E-state index in [1.165, 1.54) is 5.56 Å². The van der Waals surface area contributed by atoms with Gasteiger partial charge in [-0.25, -0.2) is 4.98 Å². The van der Waals surface area contributed by atoms with Gasteiger partial charge >= 0.3 is 0 Å². The molecule has 3 aromatic rings. The molecule has 1 aliphatic rings. The largest absolute Gasteiger partial charge is 0.343 e. The van der Waals surface area contributed by atoms with Gasteiger partial charge in [-0.1, -0.05) is 35.9 Å². The molecule has 2 aromatic carbocycles. The van der Waals surface area contributed by atoms with Gasteiger partial charge in [0.2, 0.25) is 5.91 Å². The molecule has 0 atom stereocenters. The Morgan fingerprint density at radius 2 is 1.77 bits per heavy atom. The number of halogens is 1. The molecule has 4 rings (SSSR count). The first kappa shape index (κ1) is 21.8. The van der Waals surface area contributed by atoms with Crippen molar-refractivity contribution in [3.63, 3.8) is 0 Å². The van der Waals surface area contributed by atoms with Gasteiger partial charge in [-0.3, -0.25) is 9.69 Å². The second-order valence-electron chi connectivity index (χ2n) is 8.82. The number of nitrogens with zero attached hydrogens (tertiary/aromatic N) is 4. The summed E-state index contributed by atoms with van der Waals surface area (Å²) in [6.45, 7) is 7.54. The number of likely N-dealkylation sites (tertiary alicyclic amines) is 1. The fourth-order valence-corrected chi connectivity index (χ4v) is 4.40. The zero-order valence-corrected chi connectivity index (χ0v) is 19.3. The van der Waals surface area contributed by atoms with Crippen LogP contribution in [0.4, 0.5) is 0 Å². The first-order valence-electron chi connectivity index (χ1n) is 11.1. The van der Waals surface area contributed by atoms with Gasteiger partial charge in [0.1, 0.15) is 5.82 Å². The van der Waals surface area contributed by atoms with E-state index >= 15 is 0 Å². The van der Waals surface area contributed by atoms with Crippen molar-refractivity contribution in [2.45, 2.75) is 45.8 Å². The number of hydrogen-bond acceptors (Lipinski definition) is 3. The van der Waals surface area contributed by atoms with Gasteiger partial charge in [0.05, 0.1) is 17.6 Å². The maximum atomic E-state index is 12.7. The normalized spacial score (nSPS) is 15.6. The molecular weight excluding hydrogens is 408 g/mol. The molecule has 2 heterocycles. The number of para-hydroxylation sites is 2. The fourth-order valence-electron chi connectivity index (χ4n) is 4.28. The lowest BCUT2D eigenvalue weighted by Crippen LogP contribution is -2.43. The molecule has 0 saturated carbocycles. The number of amides is 1. The number of piperidine rings is 1. The van der Waals surface area contributed by atoms with Gasteiger partial charge in [-0.15, -0.1) is 0 Å². The first-order chi connectivity index (χ1) is 14.9. The van der Waals surface area contributed by atoms with Gasteiger partial charge < -0.3 is 9.47 Å². The van der Waals surface area contributed by atoms with E-state index in [2.05, 4.69) is 53.6 Å². The minimum absolute atomic E-state index is 0.136. The second-order valence-corrected chi connectivity index (χ2v) is 9.26. The molecule has 0 N–H and O–H groups in total. The quantitative estimate of drug-likeness (QED) is 0.554. The van der Waals surface area contributed by atoms with Crippen molar-refractivity contribution in [1.82, 2.24) is 19.4 Å². The number of rotatable bonds is 6. The summed E-state index contributed by atoms with van der Waals surface area (Å²) in [7, 11) is 1.92. The molecular formula is C25H31ClN4O. The van der Waals surface area contributed by atoms with Crippen molar-refractivity contribution in [1.29, 1.82) is 0 Å². The van der Waals surface area contributed by atoms with Crippen molar-refractivity contribution in [3.05, 3.63) is 64.9 Å². The summed E-state index contributed by atoms with van der Waals surface area (Å²) >= 11 is 6.07. The van der Waals surface area contributed by atoms with Crippen molar-refractivity contribution in [3.8, 4) is 0 Å². The fraction of sp³-hybridized carbons (Fsp3) is 0.440. The maximum absolute atomic E-state index is 12.7. The lowest BCUT2D eigenvalue weighted by Gasteiger charge is -2.34. The smallest absolute Gasteiger partial charge is 0.225 e. The number of aromatic nitrogens is 2. The Morgan fingerprint density at radius 1 is 1.10 bits per heavy atom. The van der Waals surface area contributed by atoms with Crippen molar-refractivity contribution < 1.29 is 4.79 Å². The molecule has 31 heavy (non-hydrogen) atoms. The third kappa shape index (κ3) is 4.94. The molecule has 5 nitrogen and oxygen atoms in total. The average Bonchev–Trinajstić information content (AvgIpc) is 3.11. The van der Waals surface area contributed by atoms with Crippen LogP contribution in [-0.4, -0.2) is 51.4 Å². The van der Waals surface area contributed by atoms with Crippen molar-refractivity contribution >= 4 is 28.5 Å². The van der Waals surface area contributed by atoms with E-state index in [0.717, 1.165) is 60.9 Å². The summed E-state index contributed by atoms with van der Waals surface area (Å²) in [4.78, 5) is 21.9. The Balaban J connectivity index is 1.49. The van der Waals surface area contributed by atoms with Gasteiger partial charge in [-0.2, -0.15) is 0 Å². The maximum Gasteiger partial charge on any atom is 0.225 e. The van der Waals surface area contributed by atoms with E-state index in [-0.39, 0.29) is 17.9 Å². The second kappa shape index (κ2) is 9.41. The summed E-state index contributed by atoms with van der Waals surface area (Å²) < 4.78 is 2.31. The van der Waals surface area contributed by atoms with Crippen LogP contribution in [-0.2, 0) is 17.9 Å². The predicted molar refractivity (Wildman–Crippen MR) is 126 cm³/mol. The molecule has 164 valence electrons. The lowest BCUT2D eigenvalue weighted by molar-refractivity contribution is -0.137. The highest BCUT2D eigenvalue weighted by Crippen LogP contribution is 2.24. The zero-order valence-electron chi connectivity index (χ0n) is 18.6. The topological polar surface area (TPSA) is 41.4 Å². The van der Waals surface area contributed by atoms with Crippen LogP contribution in [0.2, 0.25) is 5.02 Å². The molecule has 0 aliphatic carbocycles. The minimum atomic E-state index is 0.136. The molecule has 0 unspecified atom stereocenters. The van der Waals surface area contributed by atoms with Crippen LogP contribution in [0.3, 0.4) is 0 Å². The van der Waals surface area contributed by atoms with Crippen molar-refractivity contribution in [2.75, 3.05) is 20.1 Å². The van der Waals surface area contributed by atoms with E-state index in [4.69, 9.17) is 16.6 Å². The van der Waals surface area contributed by atoms with Gasteiger partial charge in [0.15, 0.2) is 0 Å². The Hall–Kier alpha value is -2.37. The molecule has 0 spiro atoms. The van der Waals surface area contributed by atoms with E-state index in [0.29, 0.717) is 0 Å². The van der Waals surface area contributed by atoms with Crippen LogP contribution in [0.5, 0.6) is 0 Å². The number of imidazole rings is 1. The zero-order chi connectivity index (χ0) is 22.0. The standard InChI is InChI=1S/C25H31ClN4O/c1-18(2)28(3)25(31)20-12-14-29(15-13-20)17-24-27-22-6-4-5-7-23(22)30(24)16-19-8-10-21(26)11-9-19/h4-11,18,20H,12-17H2,1-3H3. The molecule has 1 aromatic heterocycles. The molecule has 1 fully saturated rings. The first-order valence-corrected chi connectivity index (χ1v) is 11.5. The van der Waals surface area contributed by atoms with Gasteiger partial charge in [0.25, 0.3) is 0 Å². The van der Waals surface area contributed by atoms with E-state index in [9.17, 15) is 4.79 Å². The molecule has 6 heteroatoms. The highest BCUT2D eigenvalue weighted by molar-refractivity contribution is 6.30. The molecule has 1 amide bonds. The molecule has 0 radical (unpaired) electrons. The van der Waals surface area contributed by atoms with Crippen LogP contribution in [0, 0.1) is 5.92 Å². The number of carbonyl (C=O) groups is 1. The number of carbonyl (C=O) groups excluding carboxylic acids is 1. The molecule has 0 bridgehead atoms. The SMILES string of the molecule is CC(C)N(C)C(=O)C1CCN(Cc2nc3ccccc3n2Cc2ccc(Cl)cc2)CC1. The lowest BCUT2D eigenvalue weighted by atomic mass is 9.95. The van der Waals surface area contributed by atoms with Crippen LogP contribution in [0.1, 0.15) is 38.1 Å². The number of hydrogen-bond donors (Lipinski definition) is 0. The summed E-state index contributed by atoms with van der Waals surface area (Å²) in [5.74, 6) is 1.49. The number of benzene rings is 2. The minimum Gasteiger partial charge on any atom is -0.343 e. The third-order valence-corrected chi connectivity index (χ3v) is 6.66. The van der Waals surface area contributed by atoms with Crippen LogP contribution >= 0.6 is 11.6 Å².